The molecule has 0 radical (unpaired) electrons. The molecule has 0 aliphatic carbocycles. The van der Waals surface area contributed by atoms with Crippen molar-refractivity contribution in [2.45, 2.75) is 33.2 Å². The third kappa shape index (κ3) is 5.90. The van der Waals surface area contributed by atoms with E-state index in [0.29, 0.717) is 0 Å². The van der Waals surface area contributed by atoms with E-state index in [4.69, 9.17) is 5.11 Å². The van der Waals surface area contributed by atoms with E-state index in [0.717, 1.165) is 4.90 Å². The molecule has 106 valence electrons. The Kier molecular flexibility index (Phi) is 7.42. The molecule has 0 aromatic carbocycles. The second-order valence-corrected chi connectivity index (χ2v) is 4.32. The lowest BCUT2D eigenvalue weighted by Crippen LogP contribution is -2.52. The fourth-order valence-electron chi connectivity index (χ4n) is 1.51. The third-order valence-electron chi connectivity index (χ3n) is 2.33. The number of hydrogen-bond donors (Lipinski definition) is 2. The lowest BCUT2D eigenvalue weighted by molar-refractivity contribution is -0.139. The third-order valence-corrected chi connectivity index (χ3v) is 2.33. The first-order valence-corrected chi connectivity index (χ1v) is 5.74. The number of amides is 2. The molecule has 5 nitrogen and oxygen atoms in total. The van der Waals surface area contributed by atoms with Gasteiger partial charge in [-0.1, -0.05) is 13.8 Å². The quantitative estimate of drug-likeness (QED) is 0.693. The van der Waals surface area contributed by atoms with Crippen molar-refractivity contribution in [3.05, 3.63) is 0 Å². The minimum atomic E-state index is -2.68. The second kappa shape index (κ2) is 7.97. The van der Waals surface area contributed by atoms with Gasteiger partial charge in [0.05, 0.1) is 13.2 Å². The fraction of sp³-hybridized carbons (Fsp3) is 0.818. The molecule has 2 amide bonds. The molecule has 0 fully saturated rings. The highest BCUT2D eigenvalue weighted by Crippen LogP contribution is 2.08. The number of nitrogens with one attached hydrogen (secondary N) is 1. The molecule has 0 spiro atoms. The van der Waals surface area contributed by atoms with Gasteiger partial charge < -0.3 is 15.3 Å². The van der Waals surface area contributed by atoms with Crippen LogP contribution in [-0.4, -0.2) is 54.0 Å². The van der Waals surface area contributed by atoms with Crippen molar-refractivity contribution < 1.29 is 23.5 Å². The summed E-state index contributed by atoms with van der Waals surface area (Å²) in [5.74, 6) is -1.22. The smallest absolute Gasteiger partial charge is 0.255 e. The zero-order chi connectivity index (χ0) is 14.3. The number of halogens is 2. The molecule has 18 heavy (non-hydrogen) atoms. The fourth-order valence-corrected chi connectivity index (χ4v) is 1.51. The van der Waals surface area contributed by atoms with Crippen LogP contribution in [0.15, 0.2) is 0 Å². The molecule has 0 heterocycles. The lowest BCUT2D eigenvalue weighted by Gasteiger charge is -2.28. The number of alkyl halides is 2. The van der Waals surface area contributed by atoms with E-state index in [-0.39, 0.29) is 12.5 Å². The van der Waals surface area contributed by atoms with Crippen molar-refractivity contribution in [3.63, 3.8) is 0 Å². The first kappa shape index (κ1) is 16.8. The highest BCUT2D eigenvalue weighted by atomic mass is 19.3. The second-order valence-electron chi connectivity index (χ2n) is 4.32. The standard InChI is InChI=1S/C11H20F2N2O3/c1-7(2)10(14-8(3)17)11(18)15(4-5-16)6-9(12)13/h7,9-10,16H,4-6H2,1-3H3,(H,14,17). The molecule has 0 saturated carbocycles. The molecule has 1 unspecified atom stereocenters. The van der Waals surface area contributed by atoms with Gasteiger partial charge in [-0.2, -0.15) is 0 Å². The van der Waals surface area contributed by atoms with E-state index in [9.17, 15) is 18.4 Å². The van der Waals surface area contributed by atoms with E-state index in [1.54, 1.807) is 13.8 Å². The van der Waals surface area contributed by atoms with Crippen LogP contribution < -0.4 is 5.32 Å². The summed E-state index contributed by atoms with van der Waals surface area (Å²) < 4.78 is 24.7. The Morgan fingerprint density at radius 2 is 1.89 bits per heavy atom. The molecule has 1 atom stereocenters. The predicted octanol–water partition coefficient (Wildman–Crippen LogP) is 0.233. The summed E-state index contributed by atoms with van der Waals surface area (Å²) in [4.78, 5) is 23.9. The van der Waals surface area contributed by atoms with Gasteiger partial charge in [-0.25, -0.2) is 8.78 Å². The van der Waals surface area contributed by atoms with Gasteiger partial charge in [0.1, 0.15) is 6.04 Å². The van der Waals surface area contributed by atoms with Crippen molar-refractivity contribution in [2.24, 2.45) is 5.92 Å². The maximum atomic E-state index is 12.3. The van der Waals surface area contributed by atoms with Crippen LogP contribution in [0.4, 0.5) is 8.78 Å². The number of rotatable bonds is 7. The van der Waals surface area contributed by atoms with Crippen LogP contribution >= 0.6 is 0 Å². The maximum Gasteiger partial charge on any atom is 0.255 e. The zero-order valence-electron chi connectivity index (χ0n) is 10.8. The summed E-state index contributed by atoms with van der Waals surface area (Å²) in [5.41, 5.74) is 0. The first-order valence-electron chi connectivity index (χ1n) is 5.74. The average molecular weight is 266 g/mol. The van der Waals surface area contributed by atoms with E-state index >= 15 is 0 Å². The summed E-state index contributed by atoms with van der Waals surface area (Å²) in [5, 5.41) is 11.2. The monoisotopic (exact) mass is 266 g/mol. The molecule has 0 aromatic heterocycles. The van der Waals surface area contributed by atoms with Crippen LogP contribution in [0, 0.1) is 5.92 Å². The van der Waals surface area contributed by atoms with Crippen molar-refractivity contribution in [3.8, 4) is 0 Å². The number of aliphatic hydroxyl groups is 1. The van der Waals surface area contributed by atoms with Gasteiger partial charge in [-0.15, -0.1) is 0 Å². The van der Waals surface area contributed by atoms with E-state index in [1.165, 1.54) is 6.92 Å². The number of nitrogens with zero attached hydrogens (tertiary/aromatic N) is 1. The van der Waals surface area contributed by atoms with E-state index < -0.39 is 37.4 Å². The molecule has 0 rings (SSSR count). The van der Waals surface area contributed by atoms with Gasteiger partial charge in [-0.3, -0.25) is 9.59 Å². The van der Waals surface area contributed by atoms with Crippen LogP contribution in [0.2, 0.25) is 0 Å². The Morgan fingerprint density at radius 3 is 2.22 bits per heavy atom. The Bertz CT molecular complexity index is 285. The van der Waals surface area contributed by atoms with Crippen LogP contribution in [0.25, 0.3) is 0 Å². The van der Waals surface area contributed by atoms with Gasteiger partial charge in [-0.05, 0) is 5.92 Å². The molecular weight excluding hydrogens is 246 g/mol. The Balaban J connectivity index is 4.81. The molecular formula is C11H20F2N2O3. The van der Waals surface area contributed by atoms with Crippen molar-refractivity contribution in [1.29, 1.82) is 0 Å². The number of aliphatic hydroxyl groups excluding tert-OH is 1. The van der Waals surface area contributed by atoms with Crippen LogP contribution in [-0.2, 0) is 9.59 Å². The first-order chi connectivity index (χ1) is 8.29. The van der Waals surface area contributed by atoms with Crippen LogP contribution in [0.3, 0.4) is 0 Å². The molecule has 0 aromatic rings. The normalized spacial score (nSPS) is 12.7. The molecule has 0 aliphatic heterocycles. The number of hydrogen-bond acceptors (Lipinski definition) is 3. The Hall–Kier alpha value is -1.24. The van der Waals surface area contributed by atoms with Gasteiger partial charge in [0, 0.05) is 13.5 Å². The summed E-state index contributed by atoms with van der Waals surface area (Å²) in [6.07, 6.45) is -2.68. The summed E-state index contributed by atoms with van der Waals surface area (Å²) in [6, 6.07) is -0.854. The highest BCUT2D eigenvalue weighted by molar-refractivity contribution is 5.87. The summed E-state index contributed by atoms with van der Waals surface area (Å²) >= 11 is 0. The van der Waals surface area contributed by atoms with Gasteiger partial charge in [0.2, 0.25) is 11.8 Å². The van der Waals surface area contributed by atoms with Gasteiger partial charge >= 0.3 is 0 Å². The SMILES string of the molecule is CC(=O)NC(C(=O)N(CCO)CC(F)F)C(C)C. The highest BCUT2D eigenvalue weighted by Gasteiger charge is 2.28. The minimum Gasteiger partial charge on any atom is -0.395 e. The Morgan fingerprint density at radius 1 is 1.33 bits per heavy atom. The number of carbonyl (C=O) groups excluding carboxylic acids is 2. The van der Waals surface area contributed by atoms with Crippen molar-refractivity contribution in [1.82, 2.24) is 10.2 Å². The van der Waals surface area contributed by atoms with Crippen molar-refractivity contribution in [2.75, 3.05) is 19.7 Å². The topological polar surface area (TPSA) is 69.6 Å². The minimum absolute atomic E-state index is 0.175. The van der Waals surface area contributed by atoms with Crippen molar-refractivity contribution >= 4 is 11.8 Å². The Labute approximate surface area is 105 Å². The molecule has 7 heteroatoms. The van der Waals surface area contributed by atoms with E-state index in [1.807, 2.05) is 0 Å². The summed E-state index contributed by atoms with van der Waals surface area (Å²) in [7, 11) is 0. The van der Waals surface area contributed by atoms with Crippen LogP contribution in [0.1, 0.15) is 20.8 Å². The largest absolute Gasteiger partial charge is 0.395 e. The average Bonchev–Trinajstić information content (AvgIpc) is 2.23. The van der Waals surface area contributed by atoms with Crippen LogP contribution in [0.5, 0.6) is 0 Å². The molecule has 0 saturated heterocycles. The lowest BCUT2D eigenvalue weighted by atomic mass is 10.0. The maximum absolute atomic E-state index is 12.3. The molecule has 2 N–H and O–H groups in total. The molecule has 0 bridgehead atoms. The zero-order valence-corrected chi connectivity index (χ0v) is 10.8. The predicted molar refractivity (Wildman–Crippen MR) is 62.1 cm³/mol. The number of carbonyl (C=O) groups is 2. The van der Waals surface area contributed by atoms with Gasteiger partial charge in [0.15, 0.2) is 0 Å². The summed E-state index contributed by atoms with van der Waals surface area (Å²) in [6.45, 7) is 3.35. The molecule has 0 aliphatic rings. The van der Waals surface area contributed by atoms with Gasteiger partial charge in [0.25, 0.3) is 6.43 Å². The van der Waals surface area contributed by atoms with E-state index in [2.05, 4.69) is 5.32 Å².